The molecule has 0 spiro atoms. The van der Waals surface area contributed by atoms with E-state index in [1.54, 1.807) is 11.1 Å². The minimum atomic E-state index is 0.486. The van der Waals surface area contributed by atoms with E-state index in [4.69, 9.17) is 0 Å². The van der Waals surface area contributed by atoms with Gasteiger partial charge in [-0.1, -0.05) is 75.3 Å². The number of hydrogen-bond acceptors (Lipinski definition) is 0. The number of fused-ring (bicyclic) bond motifs is 1. The fraction of sp³-hybridized carbons (Fsp3) is 0.500. The third-order valence-corrected chi connectivity index (χ3v) is 5.37. The molecule has 130 valence electrons. The zero-order chi connectivity index (χ0) is 17.5. The second-order valence-electron chi connectivity index (χ2n) is 7.26. The molecule has 0 saturated carbocycles. The van der Waals surface area contributed by atoms with E-state index in [0.717, 1.165) is 12.8 Å². The van der Waals surface area contributed by atoms with Gasteiger partial charge in [0.2, 0.25) is 0 Å². The molecule has 0 fully saturated rings. The average Bonchev–Trinajstić information content (AvgIpc) is 2.69. The summed E-state index contributed by atoms with van der Waals surface area (Å²) in [7, 11) is 0. The van der Waals surface area contributed by atoms with E-state index in [1.165, 1.54) is 42.4 Å². The molecule has 24 heavy (non-hydrogen) atoms. The summed E-state index contributed by atoms with van der Waals surface area (Å²) in [4.78, 5) is 0. The Bertz CT molecular complexity index is 609. The highest BCUT2D eigenvalue weighted by Crippen LogP contribution is 2.44. The highest BCUT2D eigenvalue weighted by molar-refractivity contribution is 5.48. The van der Waals surface area contributed by atoms with Gasteiger partial charge in [-0.15, -0.1) is 0 Å². The van der Waals surface area contributed by atoms with Gasteiger partial charge in [-0.2, -0.15) is 0 Å². The fourth-order valence-electron chi connectivity index (χ4n) is 4.23. The van der Waals surface area contributed by atoms with E-state index in [1.807, 2.05) is 0 Å². The Morgan fingerprint density at radius 1 is 1.17 bits per heavy atom. The van der Waals surface area contributed by atoms with Crippen molar-refractivity contribution in [2.24, 2.45) is 5.92 Å². The van der Waals surface area contributed by atoms with Crippen molar-refractivity contribution in [2.45, 2.75) is 72.1 Å². The average molecular weight is 323 g/mol. The van der Waals surface area contributed by atoms with Gasteiger partial charge in [0.1, 0.15) is 0 Å². The number of rotatable bonds is 6. The molecule has 0 radical (unpaired) electrons. The van der Waals surface area contributed by atoms with Gasteiger partial charge in [-0.3, -0.25) is 0 Å². The molecule has 0 saturated heterocycles. The van der Waals surface area contributed by atoms with Gasteiger partial charge in [-0.05, 0) is 67.7 Å². The van der Waals surface area contributed by atoms with Crippen LogP contribution in [0.1, 0.15) is 75.5 Å². The zero-order valence-corrected chi connectivity index (χ0v) is 16.1. The number of aryl methyl sites for hydroxylation is 2. The van der Waals surface area contributed by atoms with Crippen LogP contribution in [0.15, 0.2) is 54.2 Å². The monoisotopic (exact) mass is 322 g/mol. The molecule has 0 nitrogen and oxygen atoms in total. The number of benzene rings is 1. The summed E-state index contributed by atoms with van der Waals surface area (Å²) in [6.45, 7) is 13.5. The summed E-state index contributed by atoms with van der Waals surface area (Å²) in [5.41, 5.74) is 7.27. The van der Waals surface area contributed by atoms with E-state index in [0.29, 0.717) is 11.8 Å². The molecule has 0 amide bonds. The van der Waals surface area contributed by atoms with Crippen LogP contribution in [0, 0.1) is 12.8 Å². The Kier molecular flexibility index (Phi) is 7.09. The molecule has 1 aliphatic rings. The van der Waals surface area contributed by atoms with Crippen LogP contribution in [0.3, 0.4) is 0 Å². The van der Waals surface area contributed by atoms with Gasteiger partial charge in [0, 0.05) is 5.92 Å². The zero-order valence-electron chi connectivity index (χ0n) is 16.1. The van der Waals surface area contributed by atoms with Gasteiger partial charge in [0.15, 0.2) is 0 Å². The Morgan fingerprint density at radius 2 is 1.88 bits per heavy atom. The quantitative estimate of drug-likeness (QED) is 0.482. The molecule has 0 heteroatoms. The van der Waals surface area contributed by atoms with Crippen LogP contribution < -0.4 is 0 Å². The van der Waals surface area contributed by atoms with Crippen LogP contribution in [0.4, 0.5) is 0 Å². The second-order valence-corrected chi connectivity index (χ2v) is 7.26. The Hall–Kier alpha value is -1.56. The molecule has 1 unspecified atom stereocenters. The maximum atomic E-state index is 4.59. The molecular formula is C24H34. The normalized spacial score (nSPS) is 20.0. The summed E-state index contributed by atoms with van der Waals surface area (Å²) in [5.74, 6) is 1.19. The first-order chi connectivity index (χ1) is 11.6. The Balaban J connectivity index is 2.52. The summed E-state index contributed by atoms with van der Waals surface area (Å²) >= 11 is 0. The van der Waals surface area contributed by atoms with Crippen molar-refractivity contribution in [1.29, 1.82) is 0 Å². The maximum absolute atomic E-state index is 4.59. The van der Waals surface area contributed by atoms with Crippen LogP contribution in [0.25, 0.3) is 0 Å². The van der Waals surface area contributed by atoms with Crippen LogP contribution in [-0.4, -0.2) is 0 Å². The second kappa shape index (κ2) is 9.06. The first-order valence-corrected chi connectivity index (χ1v) is 9.72. The predicted octanol–water partition coefficient (Wildman–Crippen LogP) is 7.30. The van der Waals surface area contributed by atoms with Crippen LogP contribution >= 0.6 is 0 Å². The van der Waals surface area contributed by atoms with Gasteiger partial charge in [0.05, 0.1) is 0 Å². The lowest BCUT2D eigenvalue weighted by atomic mass is 9.74. The molecule has 0 heterocycles. The van der Waals surface area contributed by atoms with Gasteiger partial charge in [0.25, 0.3) is 0 Å². The van der Waals surface area contributed by atoms with Crippen LogP contribution in [0.2, 0.25) is 0 Å². The molecule has 0 aliphatic heterocycles. The van der Waals surface area contributed by atoms with Crippen molar-refractivity contribution in [1.82, 2.24) is 0 Å². The molecule has 0 N–H and O–H groups in total. The molecule has 0 aromatic heterocycles. The third-order valence-electron chi connectivity index (χ3n) is 5.37. The van der Waals surface area contributed by atoms with Gasteiger partial charge < -0.3 is 0 Å². The fourth-order valence-corrected chi connectivity index (χ4v) is 4.23. The van der Waals surface area contributed by atoms with E-state index in [9.17, 15) is 0 Å². The van der Waals surface area contributed by atoms with Crippen molar-refractivity contribution in [2.75, 3.05) is 0 Å². The van der Waals surface area contributed by atoms with Crippen molar-refractivity contribution >= 4 is 0 Å². The SMILES string of the molecule is C=C1/C(=C\C=C/C)CCc2cc(C)ccc2C1C(CCC)CCC. The first-order valence-electron chi connectivity index (χ1n) is 9.72. The predicted molar refractivity (Wildman–Crippen MR) is 108 cm³/mol. The highest BCUT2D eigenvalue weighted by atomic mass is 14.3. The van der Waals surface area contributed by atoms with Crippen molar-refractivity contribution < 1.29 is 0 Å². The topological polar surface area (TPSA) is 0 Å². The molecule has 0 bridgehead atoms. The van der Waals surface area contributed by atoms with E-state index in [-0.39, 0.29) is 0 Å². The maximum Gasteiger partial charge on any atom is 0.0117 e. The minimum Gasteiger partial charge on any atom is -0.0949 e. The smallest absolute Gasteiger partial charge is 0.0117 e. The van der Waals surface area contributed by atoms with E-state index < -0.39 is 0 Å². The largest absolute Gasteiger partial charge is 0.0949 e. The highest BCUT2D eigenvalue weighted by Gasteiger charge is 2.30. The first kappa shape index (κ1) is 18.8. The minimum absolute atomic E-state index is 0.486. The molecule has 1 atom stereocenters. The Labute approximate surface area is 149 Å². The Morgan fingerprint density at radius 3 is 2.50 bits per heavy atom. The van der Waals surface area contributed by atoms with E-state index in [2.05, 4.69) is 70.7 Å². The van der Waals surface area contributed by atoms with Crippen LogP contribution in [-0.2, 0) is 6.42 Å². The lowest BCUT2D eigenvalue weighted by molar-refractivity contribution is 0.394. The molecular weight excluding hydrogens is 288 g/mol. The summed E-state index contributed by atoms with van der Waals surface area (Å²) in [5, 5.41) is 0. The molecule has 2 rings (SSSR count). The lowest BCUT2D eigenvalue weighted by Gasteiger charge is -2.30. The molecule has 1 aliphatic carbocycles. The molecule has 1 aromatic carbocycles. The third kappa shape index (κ3) is 4.29. The van der Waals surface area contributed by atoms with Crippen LogP contribution in [0.5, 0.6) is 0 Å². The van der Waals surface area contributed by atoms with Crippen molar-refractivity contribution in [3.63, 3.8) is 0 Å². The summed E-state index contributed by atoms with van der Waals surface area (Å²) in [6, 6.07) is 7.08. The summed E-state index contributed by atoms with van der Waals surface area (Å²) < 4.78 is 0. The van der Waals surface area contributed by atoms with E-state index >= 15 is 0 Å². The number of allylic oxidation sites excluding steroid dienone is 5. The standard InChI is InChI=1S/C24H34/c1-6-9-12-20-14-15-22-17-18(4)13-16-23(22)24(19(20)5)21(10-7-2)11-8-3/h6,9,12-13,16-17,21,24H,5,7-8,10-11,14-15H2,1-4H3/b9-6-,20-12-. The van der Waals surface area contributed by atoms with Gasteiger partial charge in [-0.25, -0.2) is 0 Å². The lowest BCUT2D eigenvalue weighted by Crippen LogP contribution is -2.16. The van der Waals surface area contributed by atoms with Crippen molar-refractivity contribution in [3.05, 3.63) is 70.8 Å². The van der Waals surface area contributed by atoms with Crippen molar-refractivity contribution in [3.8, 4) is 0 Å². The summed E-state index contributed by atoms with van der Waals surface area (Å²) in [6.07, 6.45) is 13.9. The van der Waals surface area contributed by atoms with Gasteiger partial charge >= 0.3 is 0 Å². The number of hydrogen-bond donors (Lipinski definition) is 0. The molecule has 1 aromatic rings.